The number of nitriles is 1. The van der Waals surface area contributed by atoms with Crippen LogP contribution in [0.5, 0.6) is 5.75 Å². The summed E-state index contributed by atoms with van der Waals surface area (Å²) in [5.41, 5.74) is 1.20. The Morgan fingerprint density at radius 3 is 2.47 bits per heavy atom. The Bertz CT molecular complexity index is 734. The van der Waals surface area contributed by atoms with Crippen molar-refractivity contribution < 1.29 is 12.6 Å². The van der Waals surface area contributed by atoms with Crippen LogP contribution >= 0.6 is 0 Å². The molecular formula is C13H10N2O3S. The van der Waals surface area contributed by atoms with E-state index in [0.29, 0.717) is 5.56 Å². The van der Waals surface area contributed by atoms with Crippen molar-refractivity contribution in [3.8, 4) is 22.9 Å². The predicted molar refractivity (Wildman–Crippen MR) is 69.9 cm³/mol. The molecule has 1 aromatic heterocycles. The molecule has 0 radical (unpaired) electrons. The van der Waals surface area contributed by atoms with Crippen LogP contribution in [0.2, 0.25) is 0 Å². The van der Waals surface area contributed by atoms with Crippen LogP contribution in [0, 0.1) is 11.3 Å². The van der Waals surface area contributed by atoms with Gasteiger partial charge >= 0.3 is 10.1 Å². The quantitative estimate of drug-likeness (QED) is 0.799. The van der Waals surface area contributed by atoms with E-state index in [9.17, 15) is 8.42 Å². The Labute approximate surface area is 111 Å². The zero-order valence-electron chi connectivity index (χ0n) is 10.1. The lowest BCUT2D eigenvalue weighted by Gasteiger charge is -2.10. The van der Waals surface area contributed by atoms with Crippen LogP contribution in [-0.4, -0.2) is 19.7 Å². The molecule has 0 spiro atoms. The van der Waals surface area contributed by atoms with E-state index in [0.717, 1.165) is 11.8 Å². The molecule has 0 aliphatic heterocycles. The molecule has 2 aromatic rings. The molecule has 0 aliphatic carbocycles. The zero-order chi connectivity index (χ0) is 13.9. The second kappa shape index (κ2) is 5.08. The van der Waals surface area contributed by atoms with Gasteiger partial charge in [-0.2, -0.15) is 13.7 Å². The van der Waals surface area contributed by atoms with E-state index < -0.39 is 10.1 Å². The van der Waals surface area contributed by atoms with Gasteiger partial charge in [0, 0.05) is 11.8 Å². The van der Waals surface area contributed by atoms with Crippen LogP contribution in [0.25, 0.3) is 11.1 Å². The third kappa shape index (κ3) is 3.09. The van der Waals surface area contributed by atoms with Crippen molar-refractivity contribution in [1.29, 1.82) is 5.26 Å². The number of benzene rings is 1. The number of pyridine rings is 1. The van der Waals surface area contributed by atoms with E-state index in [-0.39, 0.29) is 11.4 Å². The molecule has 19 heavy (non-hydrogen) atoms. The summed E-state index contributed by atoms with van der Waals surface area (Å²) in [6.07, 6.45) is 2.37. The molecule has 1 aromatic carbocycles. The van der Waals surface area contributed by atoms with Gasteiger partial charge in [0.05, 0.1) is 6.26 Å². The first kappa shape index (κ1) is 13.1. The van der Waals surface area contributed by atoms with E-state index in [1.807, 2.05) is 24.3 Å². The van der Waals surface area contributed by atoms with E-state index in [1.54, 1.807) is 18.2 Å². The van der Waals surface area contributed by atoms with Gasteiger partial charge in [-0.1, -0.05) is 30.3 Å². The van der Waals surface area contributed by atoms with Crippen molar-refractivity contribution >= 4 is 10.1 Å². The molecule has 2 rings (SSSR count). The highest BCUT2D eigenvalue weighted by molar-refractivity contribution is 7.86. The third-order valence-electron chi connectivity index (χ3n) is 2.33. The lowest BCUT2D eigenvalue weighted by atomic mass is 10.1. The number of aromatic nitrogens is 1. The van der Waals surface area contributed by atoms with Crippen molar-refractivity contribution in [3.05, 3.63) is 48.3 Å². The standard InChI is InChI=1S/C13H10N2O3S/c1-19(16,17)18-13-11(7-8-15-12(13)9-14)10-5-3-2-4-6-10/h2-8H,1H3. The van der Waals surface area contributed by atoms with Crippen LogP contribution in [0.15, 0.2) is 42.6 Å². The Morgan fingerprint density at radius 1 is 1.21 bits per heavy atom. The monoisotopic (exact) mass is 274 g/mol. The van der Waals surface area contributed by atoms with E-state index in [4.69, 9.17) is 9.44 Å². The maximum Gasteiger partial charge on any atom is 0.306 e. The second-order valence-electron chi connectivity index (χ2n) is 3.80. The molecule has 0 atom stereocenters. The van der Waals surface area contributed by atoms with Gasteiger partial charge in [0.2, 0.25) is 0 Å². The van der Waals surface area contributed by atoms with Gasteiger partial charge in [0.1, 0.15) is 6.07 Å². The highest BCUT2D eigenvalue weighted by atomic mass is 32.2. The van der Waals surface area contributed by atoms with Crippen LogP contribution < -0.4 is 4.18 Å². The Hall–Kier alpha value is -2.39. The molecule has 0 saturated carbocycles. The summed E-state index contributed by atoms with van der Waals surface area (Å²) >= 11 is 0. The van der Waals surface area contributed by atoms with Gasteiger partial charge in [0.15, 0.2) is 11.4 Å². The first-order valence-corrected chi connectivity index (χ1v) is 7.17. The van der Waals surface area contributed by atoms with Gasteiger partial charge in [-0.05, 0) is 11.6 Å². The summed E-state index contributed by atoms with van der Waals surface area (Å²) in [5.74, 6) is -0.0429. The summed E-state index contributed by atoms with van der Waals surface area (Å²) in [5, 5.41) is 9.00. The predicted octanol–water partition coefficient (Wildman–Crippen LogP) is 1.96. The molecule has 0 saturated heterocycles. The fourth-order valence-corrected chi connectivity index (χ4v) is 2.08. The summed E-state index contributed by atoms with van der Waals surface area (Å²) < 4.78 is 27.5. The molecule has 0 N–H and O–H groups in total. The SMILES string of the molecule is CS(=O)(=O)Oc1c(-c2ccccc2)ccnc1C#N. The van der Waals surface area contributed by atoms with Crippen molar-refractivity contribution in [2.45, 2.75) is 0 Å². The number of hydrogen-bond acceptors (Lipinski definition) is 5. The molecule has 96 valence electrons. The normalized spacial score (nSPS) is 10.7. The van der Waals surface area contributed by atoms with E-state index in [1.165, 1.54) is 6.20 Å². The lowest BCUT2D eigenvalue weighted by Crippen LogP contribution is -2.08. The molecule has 0 fully saturated rings. The maximum absolute atomic E-state index is 11.3. The lowest BCUT2D eigenvalue weighted by molar-refractivity contribution is 0.491. The molecular weight excluding hydrogens is 264 g/mol. The molecule has 0 aliphatic rings. The fourth-order valence-electron chi connectivity index (χ4n) is 1.61. The third-order valence-corrected chi connectivity index (χ3v) is 2.80. The Morgan fingerprint density at radius 2 is 1.89 bits per heavy atom. The molecule has 1 heterocycles. The van der Waals surface area contributed by atoms with Crippen LogP contribution in [0.1, 0.15) is 5.69 Å². The first-order chi connectivity index (χ1) is 9.01. The first-order valence-electron chi connectivity index (χ1n) is 5.35. The maximum atomic E-state index is 11.3. The molecule has 5 nitrogen and oxygen atoms in total. The molecule has 0 unspecified atom stereocenters. The molecule has 0 bridgehead atoms. The fraction of sp³-hybridized carbons (Fsp3) is 0.0769. The number of nitrogens with zero attached hydrogens (tertiary/aromatic N) is 2. The van der Waals surface area contributed by atoms with Crippen LogP contribution in [-0.2, 0) is 10.1 Å². The van der Waals surface area contributed by atoms with Gasteiger partial charge in [-0.25, -0.2) is 4.98 Å². The van der Waals surface area contributed by atoms with Crippen molar-refractivity contribution in [1.82, 2.24) is 4.98 Å². The van der Waals surface area contributed by atoms with Crippen LogP contribution in [0.3, 0.4) is 0 Å². The van der Waals surface area contributed by atoms with Crippen LogP contribution in [0.4, 0.5) is 0 Å². The minimum atomic E-state index is -3.73. The largest absolute Gasteiger partial charge is 0.379 e. The minimum Gasteiger partial charge on any atom is -0.379 e. The smallest absolute Gasteiger partial charge is 0.306 e. The summed E-state index contributed by atoms with van der Waals surface area (Å²) in [6, 6.07) is 12.5. The summed E-state index contributed by atoms with van der Waals surface area (Å²) in [4.78, 5) is 3.82. The summed E-state index contributed by atoms with van der Waals surface area (Å²) in [7, 11) is -3.73. The van der Waals surface area contributed by atoms with Gasteiger partial charge in [-0.3, -0.25) is 0 Å². The molecule has 6 heteroatoms. The minimum absolute atomic E-state index is 0.0429. The van der Waals surface area contributed by atoms with Crippen molar-refractivity contribution in [2.75, 3.05) is 6.26 Å². The second-order valence-corrected chi connectivity index (χ2v) is 5.38. The Kier molecular flexibility index (Phi) is 3.49. The van der Waals surface area contributed by atoms with Gasteiger partial charge < -0.3 is 4.18 Å². The average Bonchev–Trinajstić information content (AvgIpc) is 2.38. The van der Waals surface area contributed by atoms with Crippen molar-refractivity contribution in [3.63, 3.8) is 0 Å². The molecule has 0 amide bonds. The van der Waals surface area contributed by atoms with Gasteiger partial charge in [0.25, 0.3) is 0 Å². The average molecular weight is 274 g/mol. The zero-order valence-corrected chi connectivity index (χ0v) is 10.9. The highest BCUT2D eigenvalue weighted by Gasteiger charge is 2.17. The summed E-state index contributed by atoms with van der Waals surface area (Å²) in [6.45, 7) is 0. The number of rotatable bonds is 3. The topological polar surface area (TPSA) is 80.1 Å². The number of hydrogen-bond donors (Lipinski definition) is 0. The van der Waals surface area contributed by atoms with E-state index in [2.05, 4.69) is 4.98 Å². The van der Waals surface area contributed by atoms with Crippen molar-refractivity contribution in [2.24, 2.45) is 0 Å². The Balaban J connectivity index is 2.65. The van der Waals surface area contributed by atoms with Gasteiger partial charge in [-0.15, -0.1) is 0 Å². The highest BCUT2D eigenvalue weighted by Crippen LogP contribution is 2.32. The van der Waals surface area contributed by atoms with E-state index >= 15 is 0 Å².